The predicted molar refractivity (Wildman–Crippen MR) is 39.6 cm³/mol. The van der Waals surface area contributed by atoms with Gasteiger partial charge in [-0.1, -0.05) is 12.1 Å². The van der Waals surface area contributed by atoms with Crippen molar-refractivity contribution in [3.8, 4) is 0 Å². The molecule has 3 heteroatoms. The first-order valence-corrected chi connectivity index (χ1v) is 3.63. The number of hydrogen-bond donors (Lipinski definition) is 0. The van der Waals surface area contributed by atoms with Crippen molar-refractivity contribution in [1.29, 1.82) is 0 Å². The van der Waals surface area contributed by atoms with Gasteiger partial charge in [0.2, 0.25) is 0 Å². The van der Waals surface area contributed by atoms with Crippen LogP contribution in [0.4, 0.5) is 0 Å². The Morgan fingerprint density at radius 2 is 2.00 bits per heavy atom. The first-order valence-electron chi connectivity index (χ1n) is 2.75. The van der Waals surface area contributed by atoms with Crippen LogP contribution in [-0.4, -0.2) is 4.98 Å². The summed E-state index contributed by atoms with van der Waals surface area (Å²) < 4.78 is 1.26. The maximum absolute atomic E-state index is 4.14. The fourth-order valence-corrected chi connectivity index (χ4v) is 1.48. The van der Waals surface area contributed by atoms with E-state index >= 15 is 0 Å². The second-order valence-electron chi connectivity index (χ2n) is 1.82. The van der Waals surface area contributed by atoms with Crippen LogP contribution in [0.3, 0.4) is 0 Å². The monoisotopic (exact) mass is 193 g/mol. The molecule has 2 aromatic rings. The van der Waals surface area contributed by atoms with Gasteiger partial charge in [0.05, 0.1) is 15.7 Å². The first-order chi connectivity index (χ1) is 4.47. The number of benzene rings is 1. The fourth-order valence-electron chi connectivity index (χ4n) is 0.803. The average Bonchev–Trinajstić information content (AvgIpc) is 2.33. The second kappa shape index (κ2) is 3.13. The van der Waals surface area contributed by atoms with Crippen molar-refractivity contribution in [3.05, 3.63) is 29.8 Å². The van der Waals surface area contributed by atoms with Gasteiger partial charge >= 0.3 is 0 Å². The van der Waals surface area contributed by atoms with E-state index in [0.29, 0.717) is 0 Å². The quantitative estimate of drug-likeness (QED) is 0.586. The van der Waals surface area contributed by atoms with Gasteiger partial charge in [-0.15, -0.1) is 11.3 Å². The molecule has 1 heterocycles. The Hall–Kier alpha value is -0.396. The molecule has 54 valence electrons. The van der Waals surface area contributed by atoms with Crippen molar-refractivity contribution < 1.29 is 16.5 Å². The van der Waals surface area contributed by atoms with Crippen LogP contribution in [0.5, 0.6) is 0 Å². The van der Waals surface area contributed by atoms with Crippen LogP contribution in [0.15, 0.2) is 29.8 Å². The van der Waals surface area contributed by atoms with E-state index in [4.69, 9.17) is 0 Å². The maximum atomic E-state index is 4.14. The molecule has 0 aliphatic heterocycles. The minimum absolute atomic E-state index is 0. The summed E-state index contributed by atoms with van der Waals surface area (Å²) in [5.74, 6) is 0. The van der Waals surface area contributed by atoms with Gasteiger partial charge in [-0.05, 0) is 12.1 Å². The van der Waals surface area contributed by atoms with E-state index in [0.717, 1.165) is 5.52 Å². The Morgan fingerprint density at radius 1 is 1.20 bits per heavy atom. The molecule has 0 amide bonds. The van der Waals surface area contributed by atoms with Crippen LogP contribution in [0.1, 0.15) is 0 Å². The van der Waals surface area contributed by atoms with Crippen LogP contribution in [0.2, 0.25) is 0 Å². The number of aromatic nitrogens is 1. The molecule has 0 unspecified atom stereocenters. The van der Waals surface area contributed by atoms with E-state index in [1.165, 1.54) is 4.70 Å². The summed E-state index contributed by atoms with van der Waals surface area (Å²) >= 11 is 1.68. The molecule has 1 aromatic heterocycles. The molecular weight excluding hydrogens is 189 g/mol. The SMILES string of the molecule is [Ni].c1ccc2scnc2c1. The van der Waals surface area contributed by atoms with E-state index in [-0.39, 0.29) is 16.5 Å². The third kappa shape index (κ3) is 1.20. The van der Waals surface area contributed by atoms with Crippen LogP contribution in [0, 0.1) is 0 Å². The van der Waals surface area contributed by atoms with Gasteiger partial charge in [0, 0.05) is 16.5 Å². The summed E-state index contributed by atoms with van der Waals surface area (Å²) in [6, 6.07) is 8.13. The standard InChI is InChI=1S/C7H5NS.Ni/c1-2-4-7-6(3-1)8-5-9-7;/h1-5H;. The predicted octanol–water partition coefficient (Wildman–Crippen LogP) is 2.29. The average molecular weight is 194 g/mol. The molecule has 2 rings (SSSR count). The molecule has 0 radical (unpaired) electrons. The third-order valence-electron chi connectivity index (χ3n) is 1.24. The van der Waals surface area contributed by atoms with Crippen LogP contribution in [-0.2, 0) is 16.5 Å². The molecular formula is C7H5NNiS. The second-order valence-corrected chi connectivity index (χ2v) is 2.71. The summed E-state index contributed by atoms with van der Waals surface area (Å²) in [7, 11) is 0. The van der Waals surface area contributed by atoms with Gasteiger partial charge in [-0.3, -0.25) is 0 Å². The molecule has 0 saturated carbocycles. The van der Waals surface area contributed by atoms with Crippen molar-refractivity contribution in [2.75, 3.05) is 0 Å². The van der Waals surface area contributed by atoms with E-state index in [1.54, 1.807) is 11.3 Å². The summed E-state index contributed by atoms with van der Waals surface area (Å²) in [6.45, 7) is 0. The zero-order valence-electron chi connectivity index (χ0n) is 5.06. The van der Waals surface area contributed by atoms with Gasteiger partial charge in [0.1, 0.15) is 0 Å². The number of fused-ring (bicyclic) bond motifs is 1. The summed E-state index contributed by atoms with van der Waals surface area (Å²) in [6.07, 6.45) is 0. The van der Waals surface area contributed by atoms with Crippen molar-refractivity contribution >= 4 is 21.6 Å². The molecule has 0 atom stereocenters. The number of thiazole rings is 1. The van der Waals surface area contributed by atoms with Crippen molar-refractivity contribution in [1.82, 2.24) is 4.98 Å². The molecule has 10 heavy (non-hydrogen) atoms. The van der Waals surface area contributed by atoms with Crippen LogP contribution >= 0.6 is 11.3 Å². The minimum Gasteiger partial charge on any atom is -0.245 e. The Morgan fingerprint density at radius 3 is 2.80 bits per heavy atom. The Kier molecular flexibility index (Phi) is 2.41. The van der Waals surface area contributed by atoms with E-state index < -0.39 is 0 Å². The molecule has 0 N–H and O–H groups in total. The Bertz CT molecular complexity index is 288. The van der Waals surface area contributed by atoms with Gasteiger partial charge in [-0.2, -0.15) is 0 Å². The zero-order chi connectivity index (χ0) is 6.10. The van der Waals surface area contributed by atoms with Crippen molar-refractivity contribution in [2.45, 2.75) is 0 Å². The number of para-hydroxylation sites is 1. The molecule has 0 fully saturated rings. The van der Waals surface area contributed by atoms with E-state index in [9.17, 15) is 0 Å². The maximum Gasteiger partial charge on any atom is 0.0812 e. The summed E-state index contributed by atoms with van der Waals surface area (Å²) in [4.78, 5) is 4.14. The van der Waals surface area contributed by atoms with E-state index in [2.05, 4.69) is 11.1 Å². The molecule has 0 aliphatic rings. The van der Waals surface area contributed by atoms with Crippen molar-refractivity contribution in [2.24, 2.45) is 0 Å². The molecule has 0 aliphatic carbocycles. The van der Waals surface area contributed by atoms with Gasteiger partial charge < -0.3 is 0 Å². The van der Waals surface area contributed by atoms with Gasteiger partial charge in [0.15, 0.2) is 0 Å². The number of rotatable bonds is 0. The van der Waals surface area contributed by atoms with Gasteiger partial charge in [0.25, 0.3) is 0 Å². The molecule has 0 saturated heterocycles. The fraction of sp³-hybridized carbons (Fsp3) is 0. The molecule has 0 spiro atoms. The number of nitrogens with zero attached hydrogens (tertiary/aromatic N) is 1. The van der Waals surface area contributed by atoms with Gasteiger partial charge in [-0.25, -0.2) is 4.98 Å². The van der Waals surface area contributed by atoms with Crippen molar-refractivity contribution in [3.63, 3.8) is 0 Å². The molecule has 1 aromatic carbocycles. The number of hydrogen-bond acceptors (Lipinski definition) is 2. The minimum atomic E-state index is 0. The van der Waals surface area contributed by atoms with Crippen LogP contribution in [0.25, 0.3) is 10.2 Å². The molecule has 1 nitrogen and oxygen atoms in total. The third-order valence-corrected chi connectivity index (χ3v) is 2.05. The first kappa shape index (κ1) is 7.71. The topological polar surface area (TPSA) is 12.9 Å². The largest absolute Gasteiger partial charge is 0.245 e. The van der Waals surface area contributed by atoms with E-state index in [1.807, 2.05) is 23.7 Å². The van der Waals surface area contributed by atoms with Crippen LogP contribution < -0.4 is 0 Å². The Balaban J connectivity index is 0.000000500. The zero-order valence-corrected chi connectivity index (χ0v) is 6.86. The normalized spacial score (nSPS) is 9.20. The Labute approximate surface area is 73.0 Å². The summed E-state index contributed by atoms with van der Waals surface area (Å²) in [5, 5.41) is 0. The smallest absolute Gasteiger partial charge is 0.0812 e. The molecule has 0 bridgehead atoms. The summed E-state index contributed by atoms with van der Waals surface area (Å²) in [5.41, 5.74) is 2.97.